The summed E-state index contributed by atoms with van der Waals surface area (Å²) < 4.78 is 7.08. The summed E-state index contributed by atoms with van der Waals surface area (Å²) in [7, 11) is 1.56. The number of hydrogen-bond donors (Lipinski definition) is 2. The number of carbonyl (C=O) groups excluding carboxylic acids is 1. The molecule has 0 fully saturated rings. The Kier molecular flexibility index (Phi) is 5.25. The van der Waals surface area contributed by atoms with Gasteiger partial charge in [-0.1, -0.05) is 37.9 Å². The monoisotopic (exact) mass is 412 g/mol. The Morgan fingerprint density at radius 2 is 1.90 bits per heavy atom. The van der Waals surface area contributed by atoms with Crippen LogP contribution in [0.3, 0.4) is 0 Å². The lowest BCUT2D eigenvalue weighted by atomic mass is 10.0. The molecular formula is C15H14Br2N2O2. The van der Waals surface area contributed by atoms with E-state index in [0.717, 1.165) is 14.6 Å². The average molecular weight is 414 g/mol. The predicted octanol–water partition coefficient (Wildman–Crippen LogP) is 3.86. The second-order valence-corrected chi connectivity index (χ2v) is 6.21. The van der Waals surface area contributed by atoms with Crippen LogP contribution in [0.2, 0.25) is 0 Å². The molecule has 0 aliphatic carbocycles. The number of primary amides is 1. The van der Waals surface area contributed by atoms with Gasteiger partial charge in [0.2, 0.25) is 5.91 Å². The van der Waals surface area contributed by atoms with Crippen LogP contribution in [-0.2, 0) is 4.79 Å². The predicted molar refractivity (Wildman–Crippen MR) is 90.4 cm³/mol. The van der Waals surface area contributed by atoms with Crippen LogP contribution in [0.4, 0.5) is 5.69 Å². The van der Waals surface area contributed by atoms with E-state index >= 15 is 0 Å². The average Bonchev–Trinajstić information content (AvgIpc) is 2.44. The van der Waals surface area contributed by atoms with Crippen LogP contribution in [0, 0.1) is 0 Å². The molecule has 4 nitrogen and oxygen atoms in total. The highest BCUT2D eigenvalue weighted by Crippen LogP contribution is 2.31. The van der Waals surface area contributed by atoms with Crippen molar-refractivity contribution in [2.45, 2.75) is 6.04 Å². The molecule has 1 atom stereocenters. The molecule has 2 aromatic rings. The van der Waals surface area contributed by atoms with E-state index in [1.54, 1.807) is 13.2 Å². The number of ether oxygens (including phenoxy) is 1. The Hall–Kier alpha value is -1.53. The van der Waals surface area contributed by atoms with Crippen LogP contribution in [0.1, 0.15) is 11.6 Å². The van der Waals surface area contributed by atoms with E-state index in [9.17, 15) is 4.79 Å². The number of amides is 1. The van der Waals surface area contributed by atoms with E-state index in [4.69, 9.17) is 10.5 Å². The number of hydrogen-bond acceptors (Lipinski definition) is 3. The van der Waals surface area contributed by atoms with Gasteiger partial charge in [-0.25, -0.2) is 0 Å². The molecule has 0 bridgehead atoms. The van der Waals surface area contributed by atoms with Gasteiger partial charge in [0.05, 0.1) is 7.11 Å². The fraction of sp³-hybridized carbons (Fsp3) is 0.133. The number of anilines is 1. The summed E-state index contributed by atoms with van der Waals surface area (Å²) in [5, 5.41) is 3.13. The van der Waals surface area contributed by atoms with Gasteiger partial charge in [0, 0.05) is 20.2 Å². The van der Waals surface area contributed by atoms with E-state index in [2.05, 4.69) is 37.2 Å². The van der Waals surface area contributed by atoms with Crippen molar-refractivity contribution in [1.29, 1.82) is 0 Å². The van der Waals surface area contributed by atoms with E-state index in [-0.39, 0.29) is 0 Å². The molecule has 0 aliphatic heterocycles. The van der Waals surface area contributed by atoms with Crippen molar-refractivity contribution in [1.82, 2.24) is 0 Å². The number of benzene rings is 2. The molecule has 6 heteroatoms. The quantitative estimate of drug-likeness (QED) is 0.782. The van der Waals surface area contributed by atoms with Gasteiger partial charge in [-0.3, -0.25) is 4.79 Å². The maximum atomic E-state index is 11.8. The molecule has 21 heavy (non-hydrogen) atoms. The second-order valence-electron chi connectivity index (χ2n) is 4.38. The summed E-state index contributed by atoms with van der Waals surface area (Å²) in [6.07, 6.45) is 0. The van der Waals surface area contributed by atoms with Crippen molar-refractivity contribution >= 4 is 43.5 Å². The minimum absolute atomic E-state index is 0.480. The zero-order valence-electron chi connectivity index (χ0n) is 11.3. The van der Waals surface area contributed by atoms with Crippen molar-refractivity contribution in [3.8, 4) is 5.75 Å². The van der Waals surface area contributed by atoms with Gasteiger partial charge in [-0.15, -0.1) is 0 Å². The van der Waals surface area contributed by atoms with Gasteiger partial charge >= 0.3 is 0 Å². The molecule has 0 saturated carbocycles. The first kappa shape index (κ1) is 15.9. The molecule has 2 aromatic carbocycles. The normalized spacial score (nSPS) is 11.8. The van der Waals surface area contributed by atoms with Crippen LogP contribution in [0.25, 0.3) is 0 Å². The number of nitrogens with one attached hydrogen (secondary N) is 1. The molecule has 0 saturated heterocycles. The Morgan fingerprint density at radius 3 is 2.52 bits per heavy atom. The highest BCUT2D eigenvalue weighted by atomic mass is 79.9. The Balaban J connectivity index is 2.40. The summed E-state index contributed by atoms with van der Waals surface area (Å²) in [4.78, 5) is 11.8. The highest BCUT2D eigenvalue weighted by Gasteiger charge is 2.22. The van der Waals surface area contributed by atoms with Crippen LogP contribution in [-0.4, -0.2) is 13.0 Å². The Labute approximate surface area is 139 Å². The smallest absolute Gasteiger partial charge is 0.244 e. The first-order chi connectivity index (χ1) is 10.0. The van der Waals surface area contributed by atoms with Gasteiger partial charge in [-0.2, -0.15) is 0 Å². The second kappa shape index (κ2) is 6.95. The molecule has 0 heterocycles. The van der Waals surface area contributed by atoms with Gasteiger partial charge in [0.25, 0.3) is 0 Å². The fourth-order valence-electron chi connectivity index (χ4n) is 1.98. The third-order valence-electron chi connectivity index (χ3n) is 2.92. The largest absolute Gasteiger partial charge is 0.496 e. The maximum absolute atomic E-state index is 11.8. The summed E-state index contributed by atoms with van der Waals surface area (Å²) in [6, 6.07) is 12.3. The van der Waals surface area contributed by atoms with Gasteiger partial charge in [0.15, 0.2) is 0 Å². The van der Waals surface area contributed by atoms with Crippen molar-refractivity contribution < 1.29 is 9.53 Å². The minimum Gasteiger partial charge on any atom is -0.496 e. The van der Waals surface area contributed by atoms with Crippen molar-refractivity contribution in [2.75, 3.05) is 12.4 Å². The van der Waals surface area contributed by atoms with E-state index in [1.165, 1.54) is 0 Å². The number of halogens is 2. The summed E-state index contributed by atoms with van der Waals surface area (Å²) in [6.45, 7) is 0. The molecule has 0 spiro atoms. The molecule has 1 unspecified atom stereocenters. The lowest BCUT2D eigenvalue weighted by Gasteiger charge is -2.20. The number of carbonyl (C=O) groups is 1. The maximum Gasteiger partial charge on any atom is 0.244 e. The third kappa shape index (κ3) is 3.98. The first-order valence-corrected chi connectivity index (χ1v) is 7.74. The van der Waals surface area contributed by atoms with Gasteiger partial charge < -0.3 is 15.8 Å². The molecular weight excluding hydrogens is 400 g/mol. The van der Waals surface area contributed by atoms with Gasteiger partial charge in [0.1, 0.15) is 11.8 Å². The van der Waals surface area contributed by atoms with Crippen LogP contribution < -0.4 is 15.8 Å². The highest BCUT2D eigenvalue weighted by molar-refractivity contribution is 9.10. The zero-order chi connectivity index (χ0) is 15.4. The van der Waals surface area contributed by atoms with E-state index in [1.807, 2.05) is 36.4 Å². The van der Waals surface area contributed by atoms with E-state index in [0.29, 0.717) is 11.3 Å². The fourth-order valence-corrected chi connectivity index (χ4v) is 2.76. The molecule has 2 rings (SSSR count). The number of nitrogens with two attached hydrogens (primary N) is 1. The molecule has 3 N–H and O–H groups in total. The van der Waals surface area contributed by atoms with Crippen molar-refractivity contribution in [2.24, 2.45) is 5.73 Å². The van der Waals surface area contributed by atoms with E-state index < -0.39 is 11.9 Å². The van der Waals surface area contributed by atoms with Crippen LogP contribution in [0.15, 0.2) is 51.4 Å². The van der Waals surface area contributed by atoms with Crippen molar-refractivity contribution in [3.05, 3.63) is 57.0 Å². The molecule has 110 valence electrons. The van der Waals surface area contributed by atoms with Crippen LogP contribution >= 0.6 is 31.9 Å². The SMILES string of the molecule is COc1ccc(Br)cc1C(Nc1cccc(Br)c1)C(N)=O. The minimum atomic E-state index is -0.688. The number of rotatable bonds is 5. The molecule has 0 radical (unpaired) electrons. The first-order valence-electron chi connectivity index (χ1n) is 6.16. The van der Waals surface area contributed by atoms with Crippen molar-refractivity contribution in [3.63, 3.8) is 0 Å². The molecule has 0 aliphatic rings. The lowest BCUT2D eigenvalue weighted by molar-refractivity contribution is -0.118. The van der Waals surface area contributed by atoms with Gasteiger partial charge in [-0.05, 0) is 36.4 Å². The topological polar surface area (TPSA) is 64.3 Å². The lowest BCUT2D eigenvalue weighted by Crippen LogP contribution is -2.28. The summed E-state index contributed by atoms with van der Waals surface area (Å²) >= 11 is 6.79. The summed E-state index contributed by atoms with van der Waals surface area (Å²) in [5.41, 5.74) is 7.01. The Bertz CT molecular complexity index is 662. The van der Waals surface area contributed by atoms with Crippen LogP contribution in [0.5, 0.6) is 5.75 Å². The standard InChI is InChI=1S/C15H14Br2N2O2/c1-21-13-6-5-10(17)8-12(13)14(15(18)20)19-11-4-2-3-9(16)7-11/h2-8,14,19H,1H3,(H2,18,20). The zero-order valence-corrected chi connectivity index (χ0v) is 14.4. The molecule has 1 amide bonds. The summed E-state index contributed by atoms with van der Waals surface area (Å²) in [5.74, 6) is 0.121. The third-order valence-corrected chi connectivity index (χ3v) is 3.91. The number of methoxy groups -OCH3 is 1. The molecule has 0 aromatic heterocycles. The Morgan fingerprint density at radius 1 is 1.19 bits per heavy atom.